The van der Waals surface area contributed by atoms with E-state index < -0.39 is 11.9 Å². The molecular formula is C21H21NO4. The first-order valence-corrected chi connectivity index (χ1v) is 8.52. The standard InChI is InChI=1S/C21H21NO4/c1-26-19-10-6-5-9-16(19)13-18(15-7-3-2-4-8-15)20(23)22-12-11-17(14-22)21(24)25/h2-10,13,17H,11-12,14H2,1H3,(H,24,25)/b18-13+. The molecule has 1 unspecified atom stereocenters. The Hall–Kier alpha value is -3.08. The van der Waals surface area contributed by atoms with Crippen molar-refractivity contribution >= 4 is 23.5 Å². The Morgan fingerprint density at radius 3 is 2.46 bits per heavy atom. The van der Waals surface area contributed by atoms with Crippen LogP contribution in [0.4, 0.5) is 0 Å². The second-order valence-electron chi connectivity index (χ2n) is 6.24. The van der Waals surface area contributed by atoms with Crippen LogP contribution in [0, 0.1) is 5.92 Å². The van der Waals surface area contributed by atoms with Gasteiger partial charge in [-0.1, -0.05) is 48.5 Å². The molecule has 134 valence electrons. The van der Waals surface area contributed by atoms with Crippen molar-refractivity contribution in [3.05, 3.63) is 65.7 Å². The van der Waals surface area contributed by atoms with Crippen LogP contribution in [-0.2, 0) is 9.59 Å². The number of para-hydroxylation sites is 1. The molecule has 1 atom stereocenters. The number of ether oxygens (including phenoxy) is 1. The summed E-state index contributed by atoms with van der Waals surface area (Å²) >= 11 is 0. The lowest BCUT2D eigenvalue weighted by atomic mass is 10.0. The van der Waals surface area contributed by atoms with Gasteiger partial charge in [0.25, 0.3) is 5.91 Å². The highest BCUT2D eigenvalue weighted by Crippen LogP contribution is 2.28. The molecule has 1 aliphatic rings. The van der Waals surface area contributed by atoms with Gasteiger partial charge < -0.3 is 14.7 Å². The van der Waals surface area contributed by atoms with Gasteiger partial charge in [-0.2, -0.15) is 0 Å². The summed E-state index contributed by atoms with van der Waals surface area (Å²) in [6, 6.07) is 16.9. The van der Waals surface area contributed by atoms with Crippen molar-refractivity contribution in [2.45, 2.75) is 6.42 Å². The Bertz CT molecular complexity index is 829. The number of rotatable bonds is 5. The van der Waals surface area contributed by atoms with E-state index in [1.807, 2.05) is 60.7 Å². The van der Waals surface area contributed by atoms with E-state index in [0.717, 1.165) is 11.1 Å². The van der Waals surface area contributed by atoms with Crippen molar-refractivity contribution in [1.82, 2.24) is 4.90 Å². The molecule has 2 aromatic rings. The maximum absolute atomic E-state index is 13.1. The van der Waals surface area contributed by atoms with E-state index in [1.165, 1.54) is 0 Å². The number of amides is 1. The molecule has 0 radical (unpaired) electrons. The molecule has 1 heterocycles. The van der Waals surface area contributed by atoms with Crippen molar-refractivity contribution in [3.63, 3.8) is 0 Å². The average molecular weight is 351 g/mol. The van der Waals surface area contributed by atoms with Gasteiger partial charge in [-0.3, -0.25) is 9.59 Å². The normalized spacial score (nSPS) is 17.2. The number of likely N-dealkylation sites (tertiary alicyclic amines) is 1. The Kier molecular flexibility index (Phi) is 5.37. The molecule has 2 aromatic carbocycles. The van der Waals surface area contributed by atoms with Gasteiger partial charge in [-0.15, -0.1) is 0 Å². The van der Waals surface area contributed by atoms with E-state index >= 15 is 0 Å². The zero-order chi connectivity index (χ0) is 18.5. The first kappa shape index (κ1) is 17.7. The lowest BCUT2D eigenvalue weighted by Gasteiger charge is -2.19. The molecule has 1 aliphatic heterocycles. The maximum atomic E-state index is 13.1. The fourth-order valence-corrected chi connectivity index (χ4v) is 3.14. The van der Waals surface area contributed by atoms with Crippen LogP contribution in [0.5, 0.6) is 5.75 Å². The SMILES string of the molecule is COc1ccccc1/C=C(/C(=O)N1CCC(C(=O)O)C1)c1ccccc1. The second-order valence-corrected chi connectivity index (χ2v) is 6.24. The number of carbonyl (C=O) groups is 2. The Morgan fingerprint density at radius 1 is 1.12 bits per heavy atom. The Labute approximate surface area is 152 Å². The van der Waals surface area contributed by atoms with E-state index in [0.29, 0.717) is 24.3 Å². The summed E-state index contributed by atoms with van der Waals surface area (Å²) in [4.78, 5) is 26.0. The summed E-state index contributed by atoms with van der Waals surface area (Å²) in [5.41, 5.74) is 2.12. The minimum absolute atomic E-state index is 0.161. The van der Waals surface area contributed by atoms with Crippen LogP contribution >= 0.6 is 0 Å². The largest absolute Gasteiger partial charge is 0.496 e. The fourth-order valence-electron chi connectivity index (χ4n) is 3.14. The number of methoxy groups -OCH3 is 1. The van der Waals surface area contributed by atoms with Crippen molar-refractivity contribution in [1.29, 1.82) is 0 Å². The van der Waals surface area contributed by atoms with E-state index in [9.17, 15) is 14.7 Å². The van der Waals surface area contributed by atoms with Gasteiger partial charge in [0.1, 0.15) is 5.75 Å². The van der Waals surface area contributed by atoms with Gasteiger partial charge >= 0.3 is 5.97 Å². The quantitative estimate of drug-likeness (QED) is 0.664. The smallest absolute Gasteiger partial charge is 0.308 e. The third kappa shape index (κ3) is 3.77. The Balaban J connectivity index is 1.98. The number of benzene rings is 2. The van der Waals surface area contributed by atoms with Gasteiger partial charge in [-0.25, -0.2) is 0 Å². The van der Waals surface area contributed by atoms with Gasteiger partial charge in [-0.05, 0) is 24.1 Å². The molecular weight excluding hydrogens is 330 g/mol. The molecule has 0 spiro atoms. The van der Waals surface area contributed by atoms with Crippen LogP contribution in [0.15, 0.2) is 54.6 Å². The lowest BCUT2D eigenvalue weighted by Crippen LogP contribution is -2.30. The predicted molar refractivity (Wildman–Crippen MR) is 99.6 cm³/mol. The first-order chi connectivity index (χ1) is 12.6. The minimum atomic E-state index is -0.852. The zero-order valence-corrected chi connectivity index (χ0v) is 14.6. The summed E-state index contributed by atoms with van der Waals surface area (Å²) in [5, 5.41) is 9.20. The predicted octanol–water partition coefficient (Wildman–Crippen LogP) is 3.17. The molecule has 0 aromatic heterocycles. The number of carbonyl (C=O) groups excluding carboxylic acids is 1. The van der Waals surface area contributed by atoms with Crippen molar-refractivity contribution in [2.75, 3.05) is 20.2 Å². The molecule has 3 rings (SSSR count). The molecule has 26 heavy (non-hydrogen) atoms. The summed E-state index contributed by atoms with van der Waals surface area (Å²) in [6.07, 6.45) is 2.29. The number of hydrogen-bond donors (Lipinski definition) is 1. The maximum Gasteiger partial charge on any atom is 0.308 e. The van der Waals surface area contributed by atoms with E-state index in [2.05, 4.69) is 0 Å². The van der Waals surface area contributed by atoms with Crippen LogP contribution < -0.4 is 4.74 Å². The van der Waals surface area contributed by atoms with E-state index in [1.54, 1.807) is 12.0 Å². The van der Waals surface area contributed by atoms with E-state index in [4.69, 9.17) is 4.74 Å². The minimum Gasteiger partial charge on any atom is -0.496 e. The molecule has 1 fully saturated rings. The van der Waals surface area contributed by atoms with Gasteiger partial charge in [0.05, 0.1) is 13.0 Å². The molecule has 1 saturated heterocycles. The lowest BCUT2D eigenvalue weighted by molar-refractivity contribution is -0.141. The van der Waals surface area contributed by atoms with Gasteiger partial charge in [0.2, 0.25) is 0 Å². The van der Waals surface area contributed by atoms with Crippen LogP contribution in [0.3, 0.4) is 0 Å². The molecule has 5 heteroatoms. The Morgan fingerprint density at radius 2 is 1.81 bits per heavy atom. The monoisotopic (exact) mass is 351 g/mol. The second kappa shape index (κ2) is 7.87. The molecule has 0 saturated carbocycles. The zero-order valence-electron chi connectivity index (χ0n) is 14.6. The number of carboxylic acids is 1. The topological polar surface area (TPSA) is 66.8 Å². The van der Waals surface area contributed by atoms with Crippen LogP contribution in [0.25, 0.3) is 11.6 Å². The molecule has 0 bridgehead atoms. The highest BCUT2D eigenvalue weighted by Gasteiger charge is 2.32. The molecule has 5 nitrogen and oxygen atoms in total. The number of aliphatic carboxylic acids is 1. The summed E-state index contributed by atoms with van der Waals surface area (Å²) in [7, 11) is 1.59. The molecule has 1 N–H and O–H groups in total. The van der Waals surface area contributed by atoms with Gasteiger partial charge in [0.15, 0.2) is 0 Å². The van der Waals surface area contributed by atoms with Crippen LogP contribution in [0.2, 0.25) is 0 Å². The van der Waals surface area contributed by atoms with E-state index in [-0.39, 0.29) is 12.5 Å². The average Bonchev–Trinajstić information content (AvgIpc) is 3.17. The summed E-state index contributed by atoms with van der Waals surface area (Å²) < 4.78 is 5.39. The van der Waals surface area contributed by atoms with Crippen LogP contribution in [0.1, 0.15) is 17.5 Å². The highest BCUT2D eigenvalue weighted by molar-refractivity contribution is 6.24. The fraction of sp³-hybridized carbons (Fsp3) is 0.238. The summed E-state index contributed by atoms with van der Waals surface area (Å²) in [5.74, 6) is -0.832. The molecule has 0 aliphatic carbocycles. The number of carboxylic acid groups (broad SMARTS) is 1. The highest BCUT2D eigenvalue weighted by atomic mass is 16.5. The van der Waals surface area contributed by atoms with Gasteiger partial charge in [0, 0.05) is 24.2 Å². The summed E-state index contributed by atoms with van der Waals surface area (Å²) in [6.45, 7) is 0.691. The van der Waals surface area contributed by atoms with Crippen molar-refractivity contribution in [3.8, 4) is 5.75 Å². The van der Waals surface area contributed by atoms with Crippen molar-refractivity contribution in [2.24, 2.45) is 5.92 Å². The molecule has 1 amide bonds. The third-order valence-corrected chi connectivity index (χ3v) is 4.58. The first-order valence-electron chi connectivity index (χ1n) is 8.52. The third-order valence-electron chi connectivity index (χ3n) is 4.58. The van der Waals surface area contributed by atoms with Crippen molar-refractivity contribution < 1.29 is 19.4 Å². The number of nitrogens with zero attached hydrogens (tertiary/aromatic N) is 1. The van der Waals surface area contributed by atoms with Crippen LogP contribution in [-0.4, -0.2) is 42.1 Å². The number of hydrogen-bond acceptors (Lipinski definition) is 3.